The first-order valence-electron chi connectivity index (χ1n) is 2.91. The fourth-order valence-electron chi connectivity index (χ4n) is 0.648. The van der Waals surface area contributed by atoms with Gasteiger partial charge in [0.2, 0.25) is 0 Å². The summed E-state index contributed by atoms with van der Waals surface area (Å²) in [5, 5.41) is 8.46. The number of pyridine rings is 1. The Morgan fingerprint density at radius 3 is 2.83 bits per heavy atom. The van der Waals surface area contributed by atoms with Gasteiger partial charge < -0.3 is 0 Å². The lowest BCUT2D eigenvalue weighted by Crippen LogP contribution is -1.92. The van der Waals surface area contributed by atoms with Gasteiger partial charge in [-0.05, 0) is 6.07 Å². The number of hydrogen-bond acceptors (Lipinski definition) is 2. The molecular weight excluding hydrogens is 179 g/mol. The molecule has 0 aliphatic carbocycles. The van der Waals surface area contributed by atoms with E-state index in [9.17, 15) is 4.39 Å². The van der Waals surface area contributed by atoms with E-state index >= 15 is 0 Å². The van der Waals surface area contributed by atoms with E-state index in [-0.39, 0.29) is 24.6 Å². The molecule has 0 unspecified atom stereocenters. The number of rotatable bonds is 1. The van der Waals surface area contributed by atoms with E-state index in [2.05, 4.69) is 4.98 Å². The molecule has 12 heavy (non-hydrogen) atoms. The molecule has 1 aromatic rings. The van der Waals surface area contributed by atoms with Crippen LogP contribution < -0.4 is 0 Å². The van der Waals surface area contributed by atoms with Gasteiger partial charge in [-0.25, -0.2) is 4.39 Å². The standard InChI is InChI=1S/C7H4ClFN2.CH4/c8-5-3-6(9)7(1-2-10)11-4-5;/h3-4H,1H2;1H4. The second-order valence-electron chi connectivity index (χ2n) is 1.92. The van der Waals surface area contributed by atoms with E-state index in [1.54, 1.807) is 6.07 Å². The first-order valence-corrected chi connectivity index (χ1v) is 3.28. The van der Waals surface area contributed by atoms with Crippen LogP contribution in [0.2, 0.25) is 5.02 Å². The van der Waals surface area contributed by atoms with Crippen LogP contribution in [0, 0.1) is 17.1 Å². The molecule has 1 aromatic heterocycles. The lowest BCUT2D eigenvalue weighted by molar-refractivity contribution is 0.605. The molecule has 64 valence electrons. The van der Waals surface area contributed by atoms with Gasteiger partial charge in [0, 0.05) is 6.20 Å². The maximum atomic E-state index is 12.7. The Hall–Kier alpha value is -1.14. The molecule has 1 heterocycles. The third-order valence-electron chi connectivity index (χ3n) is 1.13. The van der Waals surface area contributed by atoms with Crippen LogP contribution in [-0.4, -0.2) is 4.98 Å². The van der Waals surface area contributed by atoms with Gasteiger partial charge in [0.15, 0.2) is 0 Å². The second kappa shape index (κ2) is 4.68. The fraction of sp³-hybridized carbons (Fsp3) is 0.250. The Kier molecular flexibility index (Phi) is 4.24. The number of aromatic nitrogens is 1. The van der Waals surface area contributed by atoms with Gasteiger partial charge in [-0.15, -0.1) is 0 Å². The minimum Gasteiger partial charge on any atom is -0.256 e. The molecule has 0 fully saturated rings. The molecule has 0 saturated heterocycles. The van der Waals surface area contributed by atoms with Crippen molar-refractivity contribution >= 4 is 11.6 Å². The SMILES string of the molecule is C.N#CCc1ncc(Cl)cc1F. The molecule has 1 rings (SSSR count). The van der Waals surface area contributed by atoms with Gasteiger partial charge in [0.1, 0.15) is 5.82 Å². The minimum absolute atomic E-state index is 0. The normalized spacial score (nSPS) is 8.42. The second-order valence-corrected chi connectivity index (χ2v) is 2.35. The maximum absolute atomic E-state index is 12.7. The van der Waals surface area contributed by atoms with Gasteiger partial charge in [-0.3, -0.25) is 4.98 Å². The maximum Gasteiger partial charge on any atom is 0.147 e. The van der Waals surface area contributed by atoms with Crippen molar-refractivity contribution in [3.05, 3.63) is 28.8 Å². The van der Waals surface area contributed by atoms with E-state index < -0.39 is 5.82 Å². The summed E-state index contributed by atoms with van der Waals surface area (Å²) in [4.78, 5) is 3.64. The zero-order valence-electron chi connectivity index (χ0n) is 5.51. The monoisotopic (exact) mass is 186 g/mol. The highest BCUT2D eigenvalue weighted by atomic mass is 35.5. The Morgan fingerprint density at radius 1 is 1.67 bits per heavy atom. The quantitative estimate of drug-likeness (QED) is 0.676. The van der Waals surface area contributed by atoms with Crippen molar-refractivity contribution in [1.82, 2.24) is 4.98 Å². The third kappa shape index (κ3) is 2.48. The van der Waals surface area contributed by atoms with Crippen LogP contribution in [0.1, 0.15) is 13.1 Å². The number of hydrogen-bond donors (Lipinski definition) is 0. The van der Waals surface area contributed by atoms with Crippen molar-refractivity contribution in [2.75, 3.05) is 0 Å². The molecule has 0 atom stereocenters. The van der Waals surface area contributed by atoms with Crippen molar-refractivity contribution < 1.29 is 4.39 Å². The predicted molar refractivity (Wildman–Crippen MR) is 45.3 cm³/mol. The summed E-state index contributed by atoms with van der Waals surface area (Å²) in [7, 11) is 0. The topological polar surface area (TPSA) is 36.7 Å². The zero-order valence-corrected chi connectivity index (χ0v) is 6.27. The number of halogens is 2. The summed E-state index contributed by atoms with van der Waals surface area (Å²) in [6, 6.07) is 2.94. The van der Waals surface area contributed by atoms with E-state index in [4.69, 9.17) is 16.9 Å². The fourth-order valence-corrected chi connectivity index (χ4v) is 0.792. The molecule has 2 nitrogen and oxygen atoms in total. The molecule has 0 aliphatic heterocycles. The van der Waals surface area contributed by atoms with Gasteiger partial charge in [-0.2, -0.15) is 5.26 Å². The molecule has 0 bridgehead atoms. The first-order chi connectivity index (χ1) is 5.24. The highest BCUT2D eigenvalue weighted by molar-refractivity contribution is 6.30. The lowest BCUT2D eigenvalue weighted by Gasteiger charge is -1.95. The van der Waals surface area contributed by atoms with Crippen LogP contribution >= 0.6 is 11.6 Å². The Balaban J connectivity index is 0.00000121. The molecule has 0 amide bonds. The summed E-state index contributed by atoms with van der Waals surface area (Å²) in [5.41, 5.74) is 0.136. The van der Waals surface area contributed by atoms with E-state index in [0.717, 1.165) is 6.07 Å². The molecule has 0 aliphatic rings. The van der Waals surface area contributed by atoms with Crippen molar-refractivity contribution in [3.8, 4) is 6.07 Å². The first kappa shape index (κ1) is 10.9. The van der Waals surface area contributed by atoms with Crippen LogP contribution in [0.25, 0.3) is 0 Å². The van der Waals surface area contributed by atoms with Crippen LogP contribution in [0.15, 0.2) is 12.3 Å². The van der Waals surface area contributed by atoms with Gasteiger partial charge in [0.25, 0.3) is 0 Å². The minimum atomic E-state index is -0.529. The average Bonchev–Trinajstić information content (AvgIpc) is 1.95. The zero-order chi connectivity index (χ0) is 8.27. The number of nitrogens with zero attached hydrogens (tertiary/aromatic N) is 2. The summed E-state index contributed by atoms with van der Waals surface area (Å²) < 4.78 is 12.7. The summed E-state index contributed by atoms with van der Waals surface area (Å²) >= 11 is 5.43. The van der Waals surface area contributed by atoms with Crippen LogP contribution in [-0.2, 0) is 6.42 Å². The summed E-state index contributed by atoms with van der Waals surface area (Å²) in [6.07, 6.45) is 1.29. The Morgan fingerprint density at radius 2 is 2.33 bits per heavy atom. The highest BCUT2D eigenvalue weighted by Crippen LogP contribution is 2.11. The predicted octanol–water partition coefficient (Wildman–Crippen LogP) is 2.58. The smallest absolute Gasteiger partial charge is 0.147 e. The molecule has 4 heteroatoms. The van der Waals surface area contributed by atoms with Crippen molar-refractivity contribution in [3.63, 3.8) is 0 Å². The van der Waals surface area contributed by atoms with Gasteiger partial charge in [-0.1, -0.05) is 19.0 Å². The number of nitriles is 1. The average molecular weight is 187 g/mol. The van der Waals surface area contributed by atoms with E-state index in [1.807, 2.05) is 0 Å². The molecule has 0 N–H and O–H groups in total. The molecule has 0 radical (unpaired) electrons. The molecule has 0 aromatic carbocycles. The van der Waals surface area contributed by atoms with Crippen molar-refractivity contribution in [2.45, 2.75) is 13.8 Å². The van der Waals surface area contributed by atoms with E-state index in [0.29, 0.717) is 0 Å². The van der Waals surface area contributed by atoms with Crippen molar-refractivity contribution in [2.24, 2.45) is 0 Å². The van der Waals surface area contributed by atoms with E-state index in [1.165, 1.54) is 6.20 Å². The Labute approximate surface area is 75.6 Å². The third-order valence-corrected chi connectivity index (χ3v) is 1.34. The van der Waals surface area contributed by atoms with Crippen LogP contribution in [0.4, 0.5) is 4.39 Å². The molecule has 0 spiro atoms. The largest absolute Gasteiger partial charge is 0.256 e. The van der Waals surface area contributed by atoms with Gasteiger partial charge in [0.05, 0.1) is 23.2 Å². The molecular formula is C8H8ClFN2. The molecule has 0 saturated carbocycles. The lowest BCUT2D eigenvalue weighted by atomic mass is 10.3. The van der Waals surface area contributed by atoms with Crippen molar-refractivity contribution in [1.29, 1.82) is 5.26 Å². The van der Waals surface area contributed by atoms with Crippen LogP contribution in [0.3, 0.4) is 0 Å². The summed E-state index contributed by atoms with van der Waals surface area (Å²) in [5.74, 6) is -0.529. The van der Waals surface area contributed by atoms with Gasteiger partial charge >= 0.3 is 0 Å². The Bertz CT molecular complexity index is 306. The van der Waals surface area contributed by atoms with Crippen LogP contribution in [0.5, 0.6) is 0 Å². The summed E-state index contributed by atoms with van der Waals surface area (Å²) in [6.45, 7) is 0. The highest BCUT2D eigenvalue weighted by Gasteiger charge is 2.02.